The highest BCUT2D eigenvalue weighted by molar-refractivity contribution is 9.10. The summed E-state index contributed by atoms with van der Waals surface area (Å²) in [6.07, 6.45) is 0. The van der Waals surface area contributed by atoms with Crippen molar-refractivity contribution in [1.29, 1.82) is 0 Å². The molecule has 0 bridgehead atoms. The monoisotopic (exact) mass is 320 g/mol. The number of ether oxygens (including phenoxy) is 2. The van der Waals surface area contributed by atoms with E-state index >= 15 is 0 Å². The van der Waals surface area contributed by atoms with Gasteiger partial charge in [0, 0.05) is 6.07 Å². The fourth-order valence-electron chi connectivity index (χ4n) is 1.25. The smallest absolute Gasteiger partial charge is 0.379 e. The molecule has 1 rings (SSSR count). The summed E-state index contributed by atoms with van der Waals surface area (Å²) in [5.41, 5.74) is -0.778. The van der Waals surface area contributed by atoms with E-state index in [1.807, 2.05) is 0 Å². The van der Waals surface area contributed by atoms with E-state index in [0.717, 1.165) is 6.07 Å². The third-order valence-corrected chi connectivity index (χ3v) is 2.64. The fourth-order valence-corrected chi connectivity index (χ4v) is 1.66. The Bertz CT molecular complexity index is 501. The predicted octanol–water partition coefficient (Wildman–Crippen LogP) is 2.05. The zero-order valence-electron chi connectivity index (χ0n) is 9.62. The lowest BCUT2D eigenvalue weighted by Gasteiger charge is -2.10. The second-order valence-electron chi connectivity index (χ2n) is 3.15. The molecule has 5 nitrogen and oxygen atoms in total. The van der Waals surface area contributed by atoms with Crippen molar-refractivity contribution in [1.82, 2.24) is 0 Å². The largest absolute Gasteiger partial charge is 0.504 e. The molecule has 0 radical (unpaired) electrons. The summed E-state index contributed by atoms with van der Waals surface area (Å²) in [6.45, 7) is 1.47. The number of Topliss-reactive ketones (excluding diaryl/α,β-unsaturated/α-hetero) is 1. The molecule has 0 fully saturated rings. The summed E-state index contributed by atoms with van der Waals surface area (Å²) < 4.78 is 22.9. The molecule has 0 unspecified atom stereocenters. The normalized spacial score (nSPS) is 10.0. The molecule has 0 amide bonds. The van der Waals surface area contributed by atoms with Crippen LogP contribution in [0.5, 0.6) is 11.5 Å². The molecule has 0 spiro atoms. The van der Waals surface area contributed by atoms with Crippen molar-refractivity contribution in [2.75, 3.05) is 13.7 Å². The Morgan fingerprint density at radius 2 is 2.11 bits per heavy atom. The van der Waals surface area contributed by atoms with Crippen molar-refractivity contribution in [3.8, 4) is 11.5 Å². The number of aromatic hydroxyl groups is 1. The van der Waals surface area contributed by atoms with Gasteiger partial charge in [-0.3, -0.25) is 4.79 Å². The second-order valence-corrected chi connectivity index (χ2v) is 4.00. The maximum atomic E-state index is 13.7. The van der Waals surface area contributed by atoms with E-state index in [4.69, 9.17) is 4.74 Å². The number of hydrogen-bond donors (Lipinski definition) is 1. The number of carbonyl (C=O) groups is 2. The average Bonchev–Trinajstić information content (AvgIpc) is 2.34. The van der Waals surface area contributed by atoms with Gasteiger partial charge in [0.2, 0.25) is 0 Å². The van der Waals surface area contributed by atoms with Gasteiger partial charge in [0.15, 0.2) is 17.3 Å². The minimum Gasteiger partial charge on any atom is -0.504 e. The van der Waals surface area contributed by atoms with Crippen molar-refractivity contribution in [2.24, 2.45) is 0 Å². The van der Waals surface area contributed by atoms with Crippen LogP contribution in [0, 0.1) is 5.82 Å². The quantitative estimate of drug-likeness (QED) is 0.522. The Morgan fingerprint density at radius 1 is 1.50 bits per heavy atom. The van der Waals surface area contributed by atoms with Gasteiger partial charge in [0.1, 0.15) is 5.56 Å². The van der Waals surface area contributed by atoms with Crippen molar-refractivity contribution < 1.29 is 28.6 Å². The van der Waals surface area contributed by atoms with Crippen LogP contribution in [0.1, 0.15) is 17.3 Å². The van der Waals surface area contributed by atoms with Crippen molar-refractivity contribution in [2.45, 2.75) is 6.92 Å². The van der Waals surface area contributed by atoms with E-state index in [0.29, 0.717) is 0 Å². The zero-order chi connectivity index (χ0) is 13.9. The number of halogens is 2. The van der Waals surface area contributed by atoms with E-state index in [1.165, 1.54) is 14.0 Å². The number of benzene rings is 1. The van der Waals surface area contributed by atoms with E-state index in [2.05, 4.69) is 20.7 Å². The van der Waals surface area contributed by atoms with Crippen LogP contribution in [0.25, 0.3) is 0 Å². The molecule has 1 aromatic carbocycles. The van der Waals surface area contributed by atoms with Crippen LogP contribution >= 0.6 is 15.9 Å². The van der Waals surface area contributed by atoms with Gasteiger partial charge >= 0.3 is 5.97 Å². The molecule has 0 aliphatic rings. The van der Waals surface area contributed by atoms with Crippen LogP contribution in [-0.2, 0) is 9.53 Å². The van der Waals surface area contributed by atoms with Gasteiger partial charge in [-0.05, 0) is 22.9 Å². The van der Waals surface area contributed by atoms with Crippen LogP contribution in [0.4, 0.5) is 4.39 Å². The predicted molar refractivity (Wildman–Crippen MR) is 63.3 cm³/mol. The Morgan fingerprint density at radius 3 is 2.61 bits per heavy atom. The SMILES string of the molecule is CCOC(=O)C(=O)c1c(O)c(OC)cc(Br)c1F. The highest BCUT2D eigenvalue weighted by atomic mass is 79.9. The van der Waals surface area contributed by atoms with Crippen LogP contribution in [0.15, 0.2) is 10.5 Å². The van der Waals surface area contributed by atoms with Crippen LogP contribution in [-0.4, -0.2) is 30.6 Å². The van der Waals surface area contributed by atoms with E-state index in [1.54, 1.807) is 0 Å². The fraction of sp³-hybridized carbons (Fsp3) is 0.273. The molecule has 0 saturated carbocycles. The first-order chi connectivity index (χ1) is 8.43. The van der Waals surface area contributed by atoms with Crippen LogP contribution in [0.2, 0.25) is 0 Å². The first-order valence-electron chi connectivity index (χ1n) is 4.90. The first-order valence-corrected chi connectivity index (χ1v) is 5.69. The highest BCUT2D eigenvalue weighted by Crippen LogP contribution is 2.36. The third kappa shape index (κ3) is 2.61. The maximum Gasteiger partial charge on any atom is 0.379 e. The summed E-state index contributed by atoms with van der Waals surface area (Å²) in [6, 6.07) is 1.15. The molecule has 0 saturated heterocycles. The number of hydrogen-bond acceptors (Lipinski definition) is 5. The molecule has 0 aliphatic heterocycles. The number of rotatable bonds is 4. The van der Waals surface area contributed by atoms with Gasteiger partial charge in [-0.15, -0.1) is 0 Å². The standard InChI is InChI=1S/C11H10BrFO5/c1-3-18-11(16)10(15)7-8(13)5(12)4-6(17-2)9(7)14/h4,14H,3H2,1-2H3. The molecule has 0 aromatic heterocycles. The topological polar surface area (TPSA) is 72.8 Å². The van der Waals surface area contributed by atoms with E-state index < -0.39 is 28.9 Å². The Labute approximate surface area is 111 Å². The maximum absolute atomic E-state index is 13.7. The van der Waals surface area contributed by atoms with Crippen LogP contribution < -0.4 is 4.74 Å². The molecule has 1 aromatic rings. The van der Waals surface area contributed by atoms with Gasteiger partial charge in [0.25, 0.3) is 5.78 Å². The van der Waals surface area contributed by atoms with Crippen molar-refractivity contribution in [3.63, 3.8) is 0 Å². The number of phenols is 1. The molecule has 18 heavy (non-hydrogen) atoms. The van der Waals surface area contributed by atoms with Gasteiger partial charge in [-0.2, -0.15) is 0 Å². The minimum absolute atomic E-state index is 0.0297. The highest BCUT2D eigenvalue weighted by Gasteiger charge is 2.29. The summed E-state index contributed by atoms with van der Waals surface area (Å²) in [5.74, 6) is -4.43. The second kappa shape index (κ2) is 5.81. The summed E-state index contributed by atoms with van der Waals surface area (Å²) in [7, 11) is 1.23. The Kier molecular flexibility index (Phi) is 4.66. The number of methoxy groups -OCH3 is 1. The molecule has 0 aliphatic carbocycles. The lowest BCUT2D eigenvalue weighted by molar-refractivity contribution is -0.137. The molecule has 0 heterocycles. The lowest BCUT2D eigenvalue weighted by atomic mass is 10.1. The van der Waals surface area contributed by atoms with Gasteiger partial charge < -0.3 is 14.6 Å². The summed E-state index contributed by atoms with van der Waals surface area (Å²) in [4.78, 5) is 22.9. The lowest BCUT2D eigenvalue weighted by Crippen LogP contribution is -2.19. The average molecular weight is 321 g/mol. The molecule has 98 valence electrons. The van der Waals surface area contributed by atoms with E-state index in [-0.39, 0.29) is 16.8 Å². The number of phenolic OH excluding ortho intramolecular Hbond substituents is 1. The third-order valence-electron chi connectivity index (χ3n) is 2.06. The summed E-state index contributed by atoms with van der Waals surface area (Å²) in [5, 5.41) is 9.67. The van der Waals surface area contributed by atoms with E-state index in [9.17, 15) is 19.1 Å². The Balaban J connectivity index is 3.35. The number of carbonyl (C=O) groups excluding carboxylic acids is 2. The molecule has 0 atom stereocenters. The number of ketones is 1. The minimum atomic E-state index is -1.27. The molecular weight excluding hydrogens is 311 g/mol. The molecule has 1 N–H and O–H groups in total. The van der Waals surface area contributed by atoms with Crippen molar-refractivity contribution >= 4 is 27.7 Å². The molecular formula is C11H10BrFO5. The first kappa shape index (κ1) is 14.4. The Hall–Kier alpha value is -1.63. The van der Waals surface area contributed by atoms with Gasteiger partial charge in [0.05, 0.1) is 18.2 Å². The summed E-state index contributed by atoms with van der Waals surface area (Å²) >= 11 is 2.86. The zero-order valence-corrected chi connectivity index (χ0v) is 11.2. The van der Waals surface area contributed by atoms with Crippen LogP contribution in [0.3, 0.4) is 0 Å². The van der Waals surface area contributed by atoms with Gasteiger partial charge in [-0.1, -0.05) is 0 Å². The molecule has 7 heteroatoms. The van der Waals surface area contributed by atoms with Crippen molar-refractivity contribution in [3.05, 3.63) is 21.9 Å². The number of esters is 1. The van der Waals surface area contributed by atoms with Gasteiger partial charge in [-0.25, -0.2) is 9.18 Å².